The van der Waals surface area contributed by atoms with Gasteiger partial charge in [-0.05, 0) is 39.1 Å². The average molecular weight is 312 g/mol. The van der Waals surface area contributed by atoms with Gasteiger partial charge in [-0.15, -0.1) is 0 Å². The van der Waals surface area contributed by atoms with Crippen LogP contribution in [0.15, 0.2) is 18.2 Å². The standard InChI is InChI=1S/C14H24N4O2S/c1-17(2)11-9-15-14-8-4-6-12(16-14)13-7-5-10-18(13)21(3,19)20/h4,6,8,13H,5,7,9-11H2,1-3H3,(H,15,16). The van der Waals surface area contributed by atoms with E-state index in [0.29, 0.717) is 6.54 Å². The summed E-state index contributed by atoms with van der Waals surface area (Å²) < 4.78 is 25.2. The third-order valence-electron chi connectivity index (χ3n) is 3.61. The van der Waals surface area contributed by atoms with Gasteiger partial charge in [-0.2, -0.15) is 4.31 Å². The first-order chi connectivity index (χ1) is 9.88. The van der Waals surface area contributed by atoms with Gasteiger partial charge in [-0.25, -0.2) is 13.4 Å². The molecule has 1 atom stereocenters. The number of nitrogens with one attached hydrogen (secondary N) is 1. The molecule has 2 rings (SSSR count). The highest BCUT2D eigenvalue weighted by molar-refractivity contribution is 7.88. The highest BCUT2D eigenvalue weighted by atomic mass is 32.2. The van der Waals surface area contributed by atoms with Gasteiger partial charge < -0.3 is 10.2 Å². The summed E-state index contributed by atoms with van der Waals surface area (Å²) in [7, 11) is 0.869. The van der Waals surface area contributed by atoms with E-state index in [4.69, 9.17) is 0 Å². The molecule has 1 aliphatic rings. The van der Waals surface area contributed by atoms with Crippen molar-refractivity contribution in [1.82, 2.24) is 14.2 Å². The molecule has 1 saturated heterocycles. The molecule has 0 radical (unpaired) electrons. The van der Waals surface area contributed by atoms with Gasteiger partial charge >= 0.3 is 0 Å². The van der Waals surface area contributed by atoms with Crippen molar-refractivity contribution in [3.8, 4) is 0 Å². The minimum atomic E-state index is -3.17. The average Bonchev–Trinajstić information content (AvgIpc) is 2.87. The molecule has 21 heavy (non-hydrogen) atoms. The Kier molecular flexibility index (Phi) is 5.18. The number of pyridine rings is 1. The van der Waals surface area contributed by atoms with Crippen LogP contribution in [-0.2, 0) is 10.0 Å². The number of hydrogen-bond acceptors (Lipinski definition) is 5. The van der Waals surface area contributed by atoms with Gasteiger partial charge in [0.05, 0.1) is 18.0 Å². The SMILES string of the molecule is CN(C)CCNc1cccc(C2CCCN2S(C)(=O)=O)n1. The second kappa shape index (κ2) is 6.72. The zero-order valence-corrected chi connectivity index (χ0v) is 13.7. The molecule has 1 unspecified atom stereocenters. The van der Waals surface area contributed by atoms with Gasteiger partial charge in [0.25, 0.3) is 0 Å². The number of aromatic nitrogens is 1. The minimum Gasteiger partial charge on any atom is -0.369 e. The molecule has 0 aromatic carbocycles. The highest BCUT2D eigenvalue weighted by Crippen LogP contribution is 2.33. The van der Waals surface area contributed by atoms with Crippen molar-refractivity contribution < 1.29 is 8.42 Å². The Morgan fingerprint density at radius 2 is 2.19 bits per heavy atom. The Morgan fingerprint density at radius 3 is 2.86 bits per heavy atom. The van der Waals surface area contributed by atoms with Gasteiger partial charge in [-0.1, -0.05) is 6.07 Å². The first-order valence-corrected chi connectivity index (χ1v) is 9.05. The van der Waals surface area contributed by atoms with Crippen molar-refractivity contribution in [3.05, 3.63) is 23.9 Å². The third kappa shape index (κ3) is 4.39. The monoisotopic (exact) mass is 312 g/mol. The smallest absolute Gasteiger partial charge is 0.211 e. The van der Waals surface area contributed by atoms with Gasteiger partial charge in [0.1, 0.15) is 5.82 Å². The summed E-state index contributed by atoms with van der Waals surface area (Å²) in [4.78, 5) is 6.68. The normalized spacial score (nSPS) is 20.1. The molecule has 6 nitrogen and oxygen atoms in total. The second-order valence-electron chi connectivity index (χ2n) is 5.71. The largest absolute Gasteiger partial charge is 0.369 e. The Hall–Kier alpha value is -1.18. The van der Waals surface area contributed by atoms with Crippen LogP contribution in [-0.4, -0.2) is 62.6 Å². The molecule has 2 heterocycles. The molecule has 0 amide bonds. The van der Waals surface area contributed by atoms with Crippen LogP contribution in [0.1, 0.15) is 24.6 Å². The van der Waals surface area contributed by atoms with E-state index in [9.17, 15) is 8.42 Å². The molecule has 1 aromatic rings. The van der Waals surface area contributed by atoms with Crippen molar-refractivity contribution >= 4 is 15.8 Å². The Morgan fingerprint density at radius 1 is 1.43 bits per heavy atom. The molecule has 0 saturated carbocycles. The maximum absolute atomic E-state index is 11.8. The fraction of sp³-hybridized carbons (Fsp3) is 0.643. The fourth-order valence-corrected chi connectivity index (χ4v) is 3.71. The molecule has 118 valence electrons. The molecule has 1 fully saturated rings. The number of hydrogen-bond donors (Lipinski definition) is 1. The first-order valence-electron chi connectivity index (χ1n) is 7.20. The third-order valence-corrected chi connectivity index (χ3v) is 4.90. The lowest BCUT2D eigenvalue weighted by atomic mass is 10.1. The quantitative estimate of drug-likeness (QED) is 0.853. The molecular formula is C14H24N4O2S. The van der Waals surface area contributed by atoms with Crippen molar-refractivity contribution in [2.75, 3.05) is 45.3 Å². The van der Waals surface area contributed by atoms with E-state index in [0.717, 1.165) is 37.4 Å². The molecule has 1 aliphatic heterocycles. The van der Waals surface area contributed by atoms with Crippen LogP contribution < -0.4 is 5.32 Å². The summed E-state index contributed by atoms with van der Waals surface area (Å²) in [6.45, 7) is 2.32. The lowest BCUT2D eigenvalue weighted by molar-refractivity contribution is 0.394. The van der Waals surface area contributed by atoms with E-state index in [2.05, 4.69) is 15.2 Å². The van der Waals surface area contributed by atoms with E-state index >= 15 is 0 Å². The number of sulfonamides is 1. The fourth-order valence-electron chi connectivity index (χ4n) is 2.58. The van der Waals surface area contributed by atoms with E-state index in [1.54, 1.807) is 4.31 Å². The van der Waals surface area contributed by atoms with Crippen LogP contribution in [0.2, 0.25) is 0 Å². The summed E-state index contributed by atoms with van der Waals surface area (Å²) in [6.07, 6.45) is 2.99. The van der Waals surface area contributed by atoms with Crippen molar-refractivity contribution in [2.24, 2.45) is 0 Å². The van der Waals surface area contributed by atoms with Crippen LogP contribution in [0.4, 0.5) is 5.82 Å². The molecule has 0 bridgehead atoms. The molecule has 1 aromatic heterocycles. The summed E-state index contributed by atoms with van der Waals surface area (Å²) in [6, 6.07) is 5.62. The highest BCUT2D eigenvalue weighted by Gasteiger charge is 2.33. The zero-order valence-electron chi connectivity index (χ0n) is 12.9. The van der Waals surface area contributed by atoms with E-state index in [1.807, 2.05) is 32.3 Å². The van der Waals surface area contributed by atoms with E-state index < -0.39 is 10.0 Å². The maximum atomic E-state index is 11.8. The molecule has 0 spiro atoms. The lowest BCUT2D eigenvalue weighted by Gasteiger charge is -2.22. The second-order valence-corrected chi connectivity index (χ2v) is 7.64. The van der Waals surface area contributed by atoms with Crippen molar-refractivity contribution in [1.29, 1.82) is 0 Å². The van der Waals surface area contributed by atoms with Crippen LogP contribution in [0.3, 0.4) is 0 Å². The van der Waals surface area contributed by atoms with Crippen LogP contribution in [0.25, 0.3) is 0 Å². The van der Waals surface area contributed by atoms with Crippen molar-refractivity contribution in [3.63, 3.8) is 0 Å². The molecular weight excluding hydrogens is 288 g/mol. The van der Waals surface area contributed by atoms with Gasteiger partial charge in [-0.3, -0.25) is 0 Å². The number of anilines is 1. The van der Waals surface area contributed by atoms with E-state index in [1.165, 1.54) is 6.26 Å². The maximum Gasteiger partial charge on any atom is 0.211 e. The number of likely N-dealkylation sites (N-methyl/N-ethyl adjacent to an activating group) is 1. The topological polar surface area (TPSA) is 65.5 Å². The van der Waals surface area contributed by atoms with Gasteiger partial charge in [0, 0.05) is 19.6 Å². The van der Waals surface area contributed by atoms with Crippen LogP contribution in [0, 0.1) is 0 Å². The predicted octanol–water partition coefficient (Wildman–Crippen LogP) is 1.15. The molecule has 7 heteroatoms. The molecule has 1 N–H and O–H groups in total. The molecule has 0 aliphatic carbocycles. The predicted molar refractivity (Wildman–Crippen MR) is 84.8 cm³/mol. The lowest BCUT2D eigenvalue weighted by Crippen LogP contribution is -2.30. The van der Waals surface area contributed by atoms with Gasteiger partial charge in [0.15, 0.2) is 0 Å². The van der Waals surface area contributed by atoms with Crippen LogP contribution >= 0.6 is 0 Å². The number of nitrogens with zero attached hydrogens (tertiary/aromatic N) is 3. The summed E-state index contributed by atoms with van der Waals surface area (Å²) in [5, 5.41) is 3.27. The Bertz CT molecular complexity index is 574. The number of rotatable bonds is 6. The van der Waals surface area contributed by atoms with Crippen molar-refractivity contribution in [2.45, 2.75) is 18.9 Å². The summed E-state index contributed by atoms with van der Waals surface area (Å²) >= 11 is 0. The zero-order chi connectivity index (χ0) is 15.5. The Balaban J connectivity index is 2.10. The van der Waals surface area contributed by atoms with Crippen LogP contribution in [0.5, 0.6) is 0 Å². The Labute approximate surface area is 127 Å². The minimum absolute atomic E-state index is 0.129. The summed E-state index contributed by atoms with van der Waals surface area (Å²) in [5.74, 6) is 0.801. The van der Waals surface area contributed by atoms with E-state index in [-0.39, 0.29) is 6.04 Å². The van der Waals surface area contributed by atoms with Gasteiger partial charge in [0.2, 0.25) is 10.0 Å². The first kappa shape index (κ1) is 16.2. The summed E-state index contributed by atoms with van der Waals surface area (Å²) in [5.41, 5.74) is 0.827.